The molecule has 118 valence electrons. The van der Waals surface area contributed by atoms with Gasteiger partial charge in [-0.05, 0) is 31.0 Å². The minimum absolute atomic E-state index is 0.270. The van der Waals surface area contributed by atoms with Crippen molar-refractivity contribution < 1.29 is 15.2 Å². The quantitative estimate of drug-likeness (QED) is 0.732. The van der Waals surface area contributed by atoms with Crippen LogP contribution in [0.5, 0.6) is 5.75 Å². The Bertz CT molecular complexity index is 567. The molecule has 0 heterocycles. The first-order valence-electron chi connectivity index (χ1n) is 7.91. The largest absolute Gasteiger partial charge is 0.487 e. The van der Waals surface area contributed by atoms with E-state index < -0.39 is 0 Å². The zero-order valence-corrected chi connectivity index (χ0v) is 13.5. The molecule has 3 heteroatoms. The third kappa shape index (κ3) is 5.51. The molecule has 0 fully saturated rings. The lowest BCUT2D eigenvalue weighted by Gasteiger charge is -2.12. The lowest BCUT2D eigenvalue weighted by atomic mass is 10.0. The summed E-state index contributed by atoms with van der Waals surface area (Å²) in [7, 11) is 0. The molecule has 0 spiro atoms. The van der Waals surface area contributed by atoms with Crippen LogP contribution in [0.1, 0.15) is 23.6 Å². The van der Waals surface area contributed by atoms with Crippen LogP contribution in [-0.2, 0) is 6.42 Å². The Morgan fingerprint density at radius 2 is 1.91 bits per heavy atom. The standard InChI is InChI=1S/C19H25NO2/c1-15-8-9-19(22-11-10-20-14-16(2)21)18(12-15)13-17-6-4-3-5-7-17/h3-9,12,16,20-21H,10-11,13-14H2,1-2H3/p+1/t16-/m1/s1. The summed E-state index contributed by atoms with van der Waals surface area (Å²) in [6.07, 6.45) is 0.614. The van der Waals surface area contributed by atoms with E-state index >= 15 is 0 Å². The van der Waals surface area contributed by atoms with Crippen LogP contribution in [0.2, 0.25) is 0 Å². The van der Waals surface area contributed by atoms with E-state index in [1.165, 1.54) is 16.7 Å². The van der Waals surface area contributed by atoms with Crippen LogP contribution in [0.25, 0.3) is 0 Å². The number of aryl methyl sites for hydroxylation is 1. The Morgan fingerprint density at radius 3 is 2.64 bits per heavy atom. The average Bonchev–Trinajstić information content (AvgIpc) is 2.49. The van der Waals surface area contributed by atoms with Gasteiger partial charge in [0.05, 0.1) is 6.10 Å². The number of hydrogen-bond donors (Lipinski definition) is 2. The summed E-state index contributed by atoms with van der Waals surface area (Å²) in [4.78, 5) is 0. The van der Waals surface area contributed by atoms with E-state index in [4.69, 9.17) is 4.74 Å². The highest BCUT2D eigenvalue weighted by atomic mass is 16.5. The molecule has 0 aliphatic rings. The highest BCUT2D eigenvalue weighted by molar-refractivity contribution is 5.40. The van der Waals surface area contributed by atoms with Gasteiger partial charge in [-0.15, -0.1) is 0 Å². The molecule has 3 N–H and O–H groups in total. The van der Waals surface area contributed by atoms with E-state index in [1.54, 1.807) is 6.92 Å². The van der Waals surface area contributed by atoms with Gasteiger partial charge < -0.3 is 15.2 Å². The molecule has 0 saturated heterocycles. The average molecular weight is 300 g/mol. The number of nitrogens with two attached hydrogens (primary N) is 1. The maximum Gasteiger partial charge on any atom is 0.137 e. The SMILES string of the molecule is Cc1ccc(OCC[NH2+]C[C@@H](C)O)c(Cc2ccccc2)c1. The Labute approximate surface area is 133 Å². The van der Waals surface area contributed by atoms with Gasteiger partial charge in [0.1, 0.15) is 25.4 Å². The van der Waals surface area contributed by atoms with E-state index in [0.29, 0.717) is 13.2 Å². The number of rotatable bonds is 8. The molecular formula is C19H26NO2+. The van der Waals surface area contributed by atoms with Gasteiger partial charge in [0, 0.05) is 6.42 Å². The fraction of sp³-hybridized carbons (Fsp3) is 0.368. The molecule has 0 aliphatic heterocycles. The van der Waals surface area contributed by atoms with Crippen molar-refractivity contribution in [2.45, 2.75) is 26.4 Å². The summed E-state index contributed by atoms with van der Waals surface area (Å²) in [6.45, 7) is 6.12. The van der Waals surface area contributed by atoms with E-state index in [1.807, 2.05) is 6.07 Å². The third-order valence-electron chi connectivity index (χ3n) is 3.54. The first kappa shape index (κ1) is 16.5. The van der Waals surface area contributed by atoms with E-state index in [-0.39, 0.29) is 6.10 Å². The molecular weight excluding hydrogens is 274 g/mol. The van der Waals surface area contributed by atoms with Crippen molar-refractivity contribution in [1.29, 1.82) is 0 Å². The van der Waals surface area contributed by atoms with Crippen molar-refractivity contribution in [2.75, 3.05) is 19.7 Å². The highest BCUT2D eigenvalue weighted by Crippen LogP contribution is 2.23. The van der Waals surface area contributed by atoms with E-state index in [2.05, 4.69) is 54.7 Å². The number of benzene rings is 2. The van der Waals surface area contributed by atoms with Crippen LogP contribution < -0.4 is 10.1 Å². The molecule has 3 nitrogen and oxygen atoms in total. The van der Waals surface area contributed by atoms with Crippen molar-refractivity contribution in [3.63, 3.8) is 0 Å². The summed E-state index contributed by atoms with van der Waals surface area (Å²) in [5, 5.41) is 11.3. The minimum Gasteiger partial charge on any atom is -0.487 e. The molecule has 0 aliphatic carbocycles. The normalized spacial score (nSPS) is 12.1. The molecule has 0 aromatic heterocycles. The molecule has 0 radical (unpaired) electrons. The second-order valence-corrected chi connectivity index (χ2v) is 5.78. The molecule has 22 heavy (non-hydrogen) atoms. The summed E-state index contributed by atoms with van der Waals surface area (Å²) in [5.41, 5.74) is 3.76. The molecule has 0 amide bonds. The predicted octanol–water partition coefficient (Wildman–Crippen LogP) is 1.91. The molecule has 2 rings (SSSR count). The summed E-state index contributed by atoms with van der Waals surface area (Å²) >= 11 is 0. The van der Waals surface area contributed by atoms with Gasteiger partial charge in [0.15, 0.2) is 0 Å². The minimum atomic E-state index is -0.270. The van der Waals surface area contributed by atoms with Crippen LogP contribution in [0.4, 0.5) is 0 Å². The Balaban J connectivity index is 1.95. The monoisotopic (exact) mass is 300 g/mol. The Morgan fingerprint density at radius 1 is 1.14 bits per heavy atom. The topological polar surface area (TPSA) is 46.1 Å². The van der Waals surface area contributed by atoms with Crippen molar-refractivity contribution >= 4 is 0 Å². The molecule has 2 aromatic carbocycles. The van der Waals surface area contributed by atoms with Crippen LogP contribution in [0.15, 0.2) is 48.5 Å². The Kier molecular flexibility index (Phi) is 6.44. The summed E-state index contributed by atoms with van der Waals surface area (Å²) in [5.74, 6) is 0.958. The van der Waals surface area contributed by atoms with Crippen molar-refractivity contribution in [1.82, 2.24) is 0 Å². The molecule has 2 aromatic rings. The lowest BCUT2D eigenvalue weighted by Crippen LogP contribution is -2.87. The second kappa shape index (κ2) is 8.57. The first-order chi connectivity index (χ1) is 10.6. The van der Waals surface area contributed by atoms with Gasteiger partial charge in [-0.3, -0.25) is 0 Å². The van der Waals surface area contributed by atoms with E-state index in [0.717, 1.165) is 18.7 Å². The van der Waals surface area contributed by atoms with Gasteiger partial charge in [-0.1, -0.05) is 48.0 Å². The number of hydrogen-bond acceptors (Lipinski definition) is 2. The van der Waals surface area contributed by atoms with Crippen LogP contribution in [0, 0.1) is 6.92 Å². The summed E-state index contributed by atoms with van der Waals surface area (Å²) in [6, 6.07) is 16.8. The fourth-order valence-electron chi connectivity index (χ4n) is 2.41. The Hall–Kier alpha value is -1.84. The van der Waals surface area contributed by atoms with Gasteiger partial charge >= 0.3 is 0 Å². The van der Waals surface area contributed by atoms with Crippen LogP contribution in [0.3, 0.4) is 0 Å². The van der Waals surface area contributed by atoms with Crippen molar-refractivity contribution in [2.24, 2.45) is 0 Å². The van der Waals surface area contributed by atoms with E-state index in [9.17, 15) is 5.11 Å². The molecule has 1 atom stereocenters. The summed E-state index contributed by atoms with van der Waals surface area (Å²) < 4.78 is 5.93. The lowest BCUT2D eigenvalue weighted by molar-refractivity contribution is -0.661. The number of aliphatic hydroxyl groups excluding tert-OH is 1. The highest BCUT2D eigenvalue weighted by Gasteiger charge is 2.06. The van der Waals surface area contributed by atoms with Gasteiger partial charge in [-0.2, -0.15) is 0 Å². The molecule has 0 unspecified atom stereocenters. The van der Waals surface area contributed by atoms with Crippen LogP contribution in [-0.4, -0.2) is 30.9 Å². The van der Waals surface area contributed by atoms with Crippen molar-refractivity contribution in [3.05, 3.63) is 65.2 Å². The van der Waals surface area contributed by atoms with Crippen LogP contribution >= 0.6 is 0 Å². The van der Waals surface area contributed by atoms with Crippen molar-refractivity contribution in [3.8, 4) is 5.75 Å². The van der Waals surface area contributed by atoms with Gasteiger partial charge in [0.25, 0.3) is 0 Å². The maximum atomic E-state index is 9.24. The number of ether oxygens (including phenoxy) is 1. The fourth-order valence-corrected chi connectivity index (χ4v) is 2.41. The molecule has 0 saturated carbocycles. The smallest absolute Gasteiger partial charge is 0.137 e. The first-order valence-corrected chi connectivity index (χ1v) is 7.91. The predicted molar refractivity (Wildman–Crippen MR) is 89.3 cm³/mol. The number of aliphatic hydroxyl groups is 1. The maximum absolute atomic E-state index is 9.24. The molecule has 0 bridgehead atoms. The zero-order chi connectivity index (χ0) is 15.8. The van der Waals surface area contributed by atoms with Gasteiger partial charge in [-0.25, -0.2) is 0 Å². The second-order valence-electron chi connectivity index (χ2n) is 5.78. The zero-order valence-electron chi connectivity index (χ0n) is 13.5. The van der Waals surface area contributed by atoms with Gasteiger partial charge in [0.2, 0.25) is 0 Å². The third-order valence-corrected chi connectivity index (χ3v) is 3.54. The number of quaternary nitrogens is 1.